The summed E-state index contributed by atoms with van der Waals surface area (Å²) in [7, 11) is 2.82. The maximum Gasteiger partial charge on any atom is 0.261 e. The van der Waals surface area contributed by atoms with Crippen LogP contribution < -0.4 is 9.47 Å². The second kappa shape index (κ2) is 6.11. The largest absolute Gasteiger partial charge is 0.481 e. The Labute approximate surface area is 121 Å². The molecule has 0 radical (unpaired) electrons. The third-order valence-electron chi connectivity index (χ3n) is 2.47. The molecule has 0 N–H and O–H groups in total. The van der Waals surface area contributed by atoms with Crippen molar-refractivity contribution in [3.8, 4) is 11.8 Å². The molecular formula is C13H12ClNO4S. The summed E-state index contributed by atoms with van der Waals surface area (Å²) in [5.74, 6) is 0.252. The number of ether oxygens (including phenoxy) is 2. The topological polar surface area (TPSA) is 65.5 Å². The zero-order chi connectivity index (χ0) is 14.6. The van der Waals surface area contributed by atoms with E-state index in [1.54, 1.807) is 0 Å². The Kier molecular flexibility index (Phi) is 4.46. The minimum atomic E-state index is -3.87. The highest BCUT2D eigenvalue weighted by Crippen LogP contribution is 2.24. The zero-order valence-electron chi connectivity index (χ0n) is 10.6. The Bertz CT molecular complexity index is 689. The van der Waals surface area contributed by atoms with E-state index >= 15 is 0 Å². The van der Waals surface area contributed by atoms with Gasteiger partial charge in [0.25, 0.3) is 9.05 Å². The summed E-state index contributed by atoms with van der Waals surface area (Å²) in [4.78, 5) is 3.90. The van der Waals surface area contributed by atoms with E-state index in [1.807, 2.05) is 30.3 Å². The molecule has 2 rings (SSSR count). The van der Waals surface area contributed by atoms with Crippen molar-refractivity contribution in [2.24, 2.45) is 0 Å². The molecule has 0 amide bonds. The number of hydrogen-bond acceptors (Lipinski definition) is 5. The van der Waals surface area contributed by atoms with Gasteiger partial charge < -0.3 is 9.47 Å². The van der Waals surface area contributed by atoms with Crippen molar-refractivity contribution in [1.29, 1.82) is 0 Å². The molecule has 0 aliphatic rings. The van der Waals surface area contributed by atoms with Crippen LogP contribution in [0.1, 0.15) is 5.56 Å². The molecule has 0 atom stereocenters. The highest BCUT2D eigenvalue weighted by molar-refractivity contribution is 8.13. The maximum atomic E-state index is 11.4. The number of halogens is 1. The van der Waals surface area contributed by atoms with Crippen LogP contribution in [0.3, 0.4) is 0 Å². The van der Waals surface area contributed by atoms with Crippen LogP contribution in [0.15, 0.2) is 47.4 Å². The summed E-state index contributed by atoms with van der Waals surface area (Å²) in [6.45, 7) is 0.267. The van der Waals surface area contributed by atoms with Gasteiger partial charge in [-0.3, -0.25) is 0 Å². The van der Waals surface area contributed by atoms with E-state index in [2.05, 4.69) is 4.98 Å². The Morgan fingerprint density at radius 1 is 1.15 bits per heavy atom. The van der Waals surface area contributed by atoms with Gasteiger partial charge in [0, 0.05) is 22.8 Å². The van der Waals surface area contributed by atoms with Crippen LogP contribution in [0.25, 0.3) is 0 Å². The van der Waals surface area contributed by atoms with Gasteiger partial charge in [-0.05, 0) is 5.56 Å². The van der Waals surface area contributed by atoms with Gasteiger partial charge in [-0.15, -0.1) is 0 Å². The van der Waals surface area contributed by atoms with Crippen LogP contribution in [0, 0.1) is 0 Å². The molecule has 0 spiro atoms. The third-order valence-corrected chi connectivity index (χ3v) is 3.81. The van der Waals surface area contributed by atoms with Gasteiger partial charge in [-0.1, -0.05) is 30.3 Å². The molecule has 106 valence electrons. The number of hydrogen-bond donors (Lipinski definition) is 0. The molecule has 0 aliphatic carbocycles. The van der Waals surface area contributed by atoms with Crippen molar-refractivity contribution in [2.45, 2.75) is 11.5 Å². The predicted octanol–water partition coefficient (Wildman–Crippen LogP) is 2.60. The average Bonchev–Trinajstić information content (AvgIpc) is 2.45. The van der Waals surface area contributed by atoms with Crippen LogP contribution in [0.2, 0.25) is 0 Å². The average molecular weight is 314 g/mol. The fourth-order valence-corrected chi connectivity index (χ4v) is 2.26. The van der Waals surface area contributed by atoms with Crippen molar-refractivity contribution >= 4 is 19.7 Å². The number of aromatic nitrogens is 1. The number of methoxy groups -OCH3 is 1. The molecule has 0 saturated carbocycles. The van der Waals surface area contributed by atoms with Gasteiger partial charge in [0.2, 0.25) is 11.8 Å². The lowest BCUT2D eigenvalue weighted by Crippen LogP contribution is -2.01. The van der Waals surface area contributed by atoms with Gasteiger partial charge in [-0.25, -0.2) is 8.42 Å². The number of rotatable bonds is 5. The first-order valence-electron chi connectivity index (χ1n) is 5.66. The minimum absolute atomic E-state index is 0.117. The van der Waals surface area contributed by atoms with E-state index in [0.29, 0.717) is 0 Å². The van der Waals surface area contributed by atoms with E-state index in [1.165, 1.54) is 19.2 Å². The van der Waals surface area contributed by atoms with Gasteiger partial charge in [0.15, 0.2) is 0 Å². The molecular weight excluding hydrogens is 302 g/mol. The monoisotopic (exact) mass is 313 g/mol. The summed E-state index contributed by atoms with van der Waals surface area (Å²) < 4.78 is 33.1. The molecule has 20 heavy (non-hydrogen) atoms. The molecule has 0 unspecified atom stereocenters. The summed E-state index contributed by atoms with van der Waals surface area (Å²) in [6.07, 6.45) is 0. The van der Waals surface area contributed by atoms with Crippen LogP contribution in [-0.4, -0.2) is 20.5 Å². The number of nitrogens with zero attached hydrogens (tertiary/aromatic N) is 1. The molecule has 1 aromatic carbocycles. The molecule has 0 fully saturated rings. The zero-order valence-corrected chi connectivity index (χ0v) is 12.2. The Balaban J connectivity index is 2.23. The summed E-state index contributed by atoms with van der Waals surface area (Å²) in [6, 6.07) is 11.9. The van der Waals surface area contributed by atoms with Crippen LogP contribution in [0.5, 0.6) is 11.8 Å². The first kappa shape index (κ1) is 14.6. The normalized spacial score (nSPS) is 11.1. The smallest absolute Gasteiger partial charge is 0.261 e. The lowest BCUT2D eigenvalue weighted by atomic mass is 10.2. The Hall–Kier alpha value is -1.79. The molecule has 0 aliphatic heterocycles. The fraction of sp³-hybridized carbons (Fsp3) is 0.154. The van der Waals surface area contributed by atoms with Crippen molar-refractivity contribution in [3.05, 3.63) is 48.0 Å². The highest BCUT2D eigenvalue weighted by Gasteiger charge is 2.14. The molecule has 1 aromatic heterocycles. The predicted molar refractivity (Wildman–Crippen MR) is 74.6 cm³/mol. The van der Waals surface area contributed by atoms with Crippen molar-refractivity contribution in [2.75, 3.05) is 7.11 Å². The first-order valence-corrected chi connectivity index (χ1v) is 7.97. The van der Waals surface area contributed by atoms with Gasteiger partial charge in [0.1, 0.15) is 6.61 Å². The molecule has 0 saturated heterocycles. The van der Waals surface area contributed by atoms with Crippen LogP contribution >= 0.6 is 10.7 Å². The fourth-order valence-electron chi connectivity index (χ4n) is 1.51. The van der Waals surface area contributed by atoms with E-state index in [-0.39, 0.29) is 23.3 Å². The standard InChI is InChI=1S/C13H12ClNO4S/c1-18-12-7-11(20(14,16)17)8-13(15-12)19-9-10-5-3-2-4-6-10/h2-8H,9H2,1H3. The molecule has 1 heterocycles. The van der Waals surface area contributed by atoms with Crippen LogP contribution in [-0.2, 0) is 15.7 Å². The molecule has 2 aromatic rings. The van der Waals surface area contributed by atoms with E-state index in [9.17, 15) is 8.42 Å². The number of benzene rings is 1. The third kappa shape index (κ3) is 3.85. The lowest BCUT2D eigenvalue weighted by Gasteiger charge is -2.08. The lowest BCUT2D eigenvalue weighted by molar-refractivity contribution is 0.285. The van der Waals surface area contributed by atoms with Crippen molar-refractivity contribution in [1.82, 2.24) is 4.98 Å². The van der Waals surface area contributed by atoms with Crippen molar-refractivity contribution < 1.29 is 17.9 Å². The van der Waals surface area contributed by atoms with E-state index in [4.69, 9.17) is 20.2 Å². The summed E-state index contributed by atoms with van der Waals surface area (Å²) in [5.41, 5.74) is 0.937. The second-order valence-electron chi connectivity index (χ2n) is 3.90. The molecule has 5 nitrogen and oxygen atoms in total. The Morgan fingerprint density at radius 3 is 2.40 bits per heavy atom. The number of pyridine rings is 1. The maximum absolute atomic E-state index is 11.4. The first-order chi connectivity index (χ1) is 9.49. The van der Waals surface area contributed by atoms with Gasteiger partial charge in [-0.2, -0.15) is 4.98 Å². The van der Waals surface area contributed by atoms with Gasteiger partial charge >= 0.3 is 0 Å². The quantitative estimate of drug-likeness (QED) is 0.794. The van der Waals surface area contributed by atoms with Crippen molar-refractivity contribution in [3.63, 3.8) is 0 Å². The van der Waals surface area contributed by atoms with E-state index in [0.717, 1.165) is 5.56 Å². The Morgan fingerprint density at radius 2 is 1.80 bits per heavy atom. The summed E-state index contributed by atoms with van der Waals surface area (Å²) in [5, 5.41) is 0. The summed E-state index contributed by atoms with van der Waals surface area (Å²) >= 11 is 0. The minimum Gasteiger partial charge on any atom is -0.481 e. The molecule has 7 heteroatoms. The van der Waals surface area contributed by atoms with E-state index < -0.39 is 9.05 Å². The van der Waals surface area contributed by atoms with Crippen LogP contribution in [0.4, 0.5) is 0 Å². The second-order valence-corrected chi connectivity index (χ2v) is 6.46. The highest BCUT2D eigenvalue weighted by atomic mass is 35.7. The van der Waals surface area contributed by atoms with Gasteiger partial charge in [0.05, 0.1) is 12.0 Å². The SMILES string of the molecule is COc1cc(S(=O)(=O)Cl)cc(OCc2ccccc2)n1. The molecule has 0 bridgehead atoms.